The minimum atomic E-state index is -0.782. The van der Waals surface area contributed by atoms with Gasteiger partial charge in [0.2, 0.25) is 5.91 Å². The highest BCUT2D eigenvalue weighted by Gasteiger charge is 2.32. The van der Waals surface area contributed by atoms with Gasteiger partial charge in [0, 0.05) is 25.4 Å². The first-order valence-electron chi connectivity index (χ1n) is 8.39. The van der Waals surface area contributed by atoms with Gasteiger partial charge in [-0.25, -0.2) is 0 Å². The second kappa shape index (κ2) is 8.37. The summed E-state index contributed by atoms with van der Waals surface area (Å²) < 4.78 is 0. The van der Waals surface area contributed by atoms with Gasteiger partial charge in [-0.1, -0.05) is 6.42 Å². The molecule has 2 N–H and O–H groups in total. The third kappa shape index (κ3) is 5.30. The van der Waals surface area contributed by atoms with Crippen LogP contribution in [0.25, 0.3) is 0 Å². The molecule has 2 aliphatic rings. The Labute approximate surface area is 127 Å². The molecule has 2 atom stereocenters. The Hall–Kier alpha value is -1.10. The van der Waals surface area contributed by atoms with E-state index >= 15 is 0 Å². The van der Waals surface area contributed by atoms with Crippen molar-refractivity contribution < 1.29 is 14.7 Å². The molecule has 2 fully saturated rings. The van der Waals surface area contributed by atoms with Crippen LogP contribution in [0.5, 0.6) is 0 Å². The van der Waals surface area contributed by atoms with Crippen molar-refractivity contribution in [1.29, 1.82) is 0 Å². The maximum Gasteiger partial charge on any atom is 0.303 e. The fourth-order valence-electron chi connectivity index (χ4n) is 3.71. The van der Waals surface area contributed by atoms with Crippen molar-refractivity contribution in [3.05, 3.63) is 0 Å². The fourth-order valence-corrected chi connectivity index (χ4v) is 3.71. The standard InChI is InChI=1S/C16H28N2O3/c19-15(8-1-2-9-16(20)21)17-12-13-6-5-11-18-10-4-3-7-14(13)18/h13-14H,1-12H2,(H,17,19)(H,20,21). The summed E-state index contributed by atoms with van der Waals surface area (Å²) in [6.07, 6.45) is 8.25. The lowest BCUT2D eigenvalue weighted by Gasteiger charge is -2.44. The summed E-state index contributed by atoms with van der Waals surface area (Å²) in [6.45, 7) is 3.24. The zero-order valence-corrected chi connectivity index (χ0v) is 12.9. The molecule has 0 aliphatic carbocycles. The molecule has 0 spiro atoms. The van der Waals surface area contributed by atoms with Gasteiger partial charge in [0.05, 0.1) is 0 Å². The fraction of sp³-hybridized carbons (Fsp3) is 0.875. The second-order valence-corrected chi connectivity index (χ2v) is 6.41. The molecule has 0 saturated carbocycles. The number of rotatable bonds is 7. The largest absolute Gasteiger partial charge is 0.481 e. The molecule has 2 unspecified atom stereocenters. The average molecular weight is 296 g/mol. The van der Waals surface area contributed by atoms with Crippen molar-refractivity contribution in [2.75, 3.05) is 19.6 Å². The Bertz CT molecular complexity index is 357. The quantitative estimate of drug-likeness (QED) is 0.705. The van der Waals surface area contributed by atoms with E-state index in [1.54, 1.807) is 0 Å². The van der Waals surface area contributed by atoms with Crippen molar-refractivity contribution in [3.8, 4) is 0 Å². The zero-order chi connectivity index (χ0) is 15.1. The van der Waals surface area contributed by atoms with E-state index in [9.17, 15) is 9.59 Å². The molecule has 0 aromatic rings. The number of fused-ring (bicyclic) bond motifs is 1. The Balaban J connectivity index is 1.64. The van der Waals surface area contributed by atoms with Crippen LogP contribution < -0.4 is 5.32 Å². The van der Waals surface area contributed by atoms with E-state index < -0.39 is 5.97 Å². The van der Waals surface area contributed by atoms with Crippen molar-refractivity contribution in [2.45, 2.75) is 63.8 Å². The van der Waals surface area contributed by atoms with Crippen molar-refractivity contribution in [3.63, 3.8) is 0 Å². The van der Waals surface area contributed by atoms with Crippen molar-refractivity contribution in [1.82, 2.24) is 10.2 Å². The maximum atomic E-state index is 11.8. The molecule has 21 heavy (non-hydrogen) atoms. The minimum Gasteiger partial charge on any atom is -0.481 e. The lowest BCUT2D eigenvalue weighted by molar-refractivity contribution is -0.137. The third-order valence-electron chi connectivity index (χ3n) is 4.83. The van der Waals surface area contributed by atoms with Gasteiger partial charge in [0.1, 0.15) is 0 Å². The number of unbranched alkanes of at least 4 members (excludes halogenated alkanes) is 1. The topological polar surface area (TPSA) is 69.6 Å². The molecule has 2 rings (SSSR count). The summed E-state index contributed by atoms with van der Waals surface area (Å²) in [6, 6.07) is 0.666. The highest BCUT2D eigenvalue weighted by Crippen LogP contribution is 2.30. The molecule has 0 aromatic heterocycles. The Morgan fingerprint density at radius 3 is 2.62 bits per heavy atom. The summed E-state index contributed by atoms with van der Waals surface area (Å²) in [7, 11) is 0. The summed E-state index contributed by atoms with van der Waals surface area (Å²) in [5.74, 6) is -0.106. The molecular formula is C16H28N2O3. The van der Waals surface area contributed by atoms with Crippen LogP contribution in [-0.2, 0) is 9.59 Å². The summed E-state index contributed by atoms with van der Waals surface area (Å²) in [4.78, 5) is 24.8. The van der Waals surface area contributed by atoms with E-state index in [1.165, 1.54) is 45.2 Å². The van der Waals surface area contributed by atoms with E-state index in [0.717, 1.165) is 6.54 Å². The maximum absolute atomic E-state index is 11.8. The van der Waals surface area contributed by atoms with Crippen molar-refractivity contribution >= 4 is 11.9 Å². The van der Waals surface area contributed by atoms with Crippen LogP contribution in [-0.4, -0.2) is 47.6 Å². The van der Waals surface area contributed by atoms with Gasteiger partial charge in [-0.2, -0.15) is 0 Å². The highest BCUT2D eigenvalue weighted by atomic mass is 16.4. The molecule has 5 heteroatoms. The molecule has 0 aromatic carbocycles. The lowest BCUT2D eigenvalue weighted by atomic mass is 9.83. The highest BCUT2D eigenvalue weighted by molar-refractivity contribution is 5.75. The van der Waals surface area contributed by atoms with Gasteiger partial charge >= 0.3 is 5.97 Å². The predicted octanol–water partition coefficient (Wildman–Crippen LogP) is 2.01. The van der Waals surface area contributed by atoms with Crippen LogP contribution in [0.2, 0.25) is 0 Å². The Kier molecular flexibility index (Phi) is 6.49. The monoisotopic (exact) mass is 296 g/mol. The number of aliphatic carboxylic acids is 1. The number of nitrogens with zero attached hydrogens (tertiary/aromatic N) is 1. The van der Waals surface area contributed by atoms with Gasteiger partial charge in [0.15, 0.2) is 0 Å². The number of carbonyl (C=O) groups is 2. The minimum absolute atomic E-state index is 0.0771. The van der Waals surface area contributed by atoms with Gasteiger partial charge in [-0.05, 0) is 57.5 Å². The van der Waals surface area contributed by atoms with Gasteiger partial charge in [-0.15, -0.1) is 0 Å². The van der Waals surface area contributed by atoms with E-state index in [-0.39, 0.29) is 12.3 Å². The number of carboxylic acids is 1. The molecule has 2 aliphatic heterocycles. The Morgan fingerprint density at radius 1 is 1.05 bits per heavy atom. The van der Waals surface area contributed by atoms with E-state index in [0.29, 0.717) is 31.2 Å². The first-order valence-corrected chi connectivity index (χ1v) is 8.39. The van der Waals surface area contributed by atoms with Crippen molar-refractivity contribution in [2.24, 2.45) is 5.92 Å². The zero-order valence-electron chi connectivity index (χ0n) is 12.9. The molecule has 120 valence electrons. The van der Waals surface area contributed by atoms with Gasteiger partial charge < -0.3 is 15.3 Å². The van der Waals surface area contributed by atoms with Crippen LogP contribution in [0.4, 0.5) is 0 Å². The molecule has 0 radical (unpaired) electrons. The first-order chi connectivity index (χ1) is 10.2. The summed E-state index contributed by atoms with van der Waals surface area (Å²) in [5.41, 5.74) is 0. The number of amides is 1. The molecule has 2 heterocycles. The van der Waals surface area contributed by atoms with E-state index in [4.69, 9.17) is 5.11 Å². The predicted molar refractivity (Wildman–Crippen MR) is 81.0 cm³/mol. The number of nitrogens with one attached hydrogen (secondary N) is 1. The Morgan fingerprint density at radius 2 is 1.81 bits per heavy atom. The van der Waals surface area contributed by atoms with E-state index in [2.05, 4.69) is 10.2 Å². The molecule has 2 saturated heterocycles. The summed E-state index contributed by atoms with van der Waals surface area (Å²) >= 11 is 0. The number of hydrogen-bond acceptors (Lipinski definition) is 3. The van der Waals surface area contributed by atoms with Crippen LogP contribution in [0, 0.1) is 5.92 Å². The van der Waals surface area contributed by atoms with E-state index in [1.807, 2.05) is 0 Å². The lowest BCUT2D eigenvalue weighted by Crippen LogP contribution is -2.50. The average Bonchev–Trinajstić information content (AvgIpc) is 2.49. The molecular weight excluding hydrogens is 268 g/mol. The van der Waals surface area contributed by atoms with Crippen LogP contribution in [0.15, 0.2) is 0 Å². The number of piperidine rings is 2. The number of carboxylic acid groups (broad SMARTS) is 1. The second-order valence-electron chi connectivity index (χ2n) is 6.41. The first kappa shape index (κ1) is 16.3. The van der Waals surface area contributed by atoms with Gasteiger partial charge in [0.25, 0.3) is 0 Å². The SMILES string of the molecule is O=C(O)CCCCC(=O)NCC1CCCN2CCCCC12. The molecule has 1 amide bonds. The number of hydrogen-bond donors (Lipinski definition) is 2. The van der Waals surface area contributed by atoms with Crippen LogP contribution >= 0.6 is 0 Å². The third-order valence-corrected chi connectivity index (χ3v) is 4.83. The summed E-state index contributed by atoms with van der Waals surface area (Å²) in [5, 5.41) is 11.6. The molecule has 5 nitrogen and oxygen atoms in total. The smallest absolute Gasteiger partial charge is 0.303 e. The number of carbonyl (C=O) groups excluding carboxylic acids is 1. The van der Waals surface area contributed by atoms with Crippen LogP contribution in [0.1, 0.15) is 57.8 Å². The normalized spacial score (nSPS) is 26.1. The molecule has 0 bridgehead atoms. The van der Waals surface area contributed by atoms with Crippen LogP contribution in [0.3, 0.4) is 0 Å². The van der Waals surface area contributed by atoms with Gasteiger partial charge in [-0.3, -0.25) is 9.59 Å².